The number of hydrogen-bond donors (Lipinski definition) is 0. The van der Waals surface area contributed by atoms with Crippen molar-refractivity contribution in [3.05, 3.63) is 0 Å². The van der Waals surface area contributed by atoms with Crippen LogP contribution >= 0.6 is 0 Å². The van der Waals surface area contributed by atoms with Crippen LogP contribution in [-0.2, 0) is 19.1 Å². The fraction of sp³-hybridized carbons (Fsp3) is 0.778. The molecule has 0 N–H and O–H groups in total. The molecule has 2 aliphatic carbocycles. The van der Waals surface area contributed by atoms with Gasteiger partial charge in [-0.3, -0.25) is 19.6 Å². The van der Waals surface area contributed by atoms with Gasteiger partial charge in [0.2, 0.25) is 0 Å². The molecule has 0 aromatic carbocycles. The SMILES string of the molecule is CCOC(=O)[C@@H]1CCCC2=N[C@@H]3C(=N[C@H]21)CCC[C@H]3C(=O)OCC. The Bertz CT molecular complexity index is 519. The molecule has 6 nitrogen and oxygen atoms in total. The molecule has 1 heterocycles. The van der Waals surface area contributed by atoms with E-state index in [1.165, 1.54) is 0 Å². The molecule has 6 heteroatoms. The number of fused-ring (bicyclic) bond motifs is 2. The fourth-order valence-corrected chi connectivity index (χ4v) is 4.04. The smallest absolute Gasteiger partial charge is 0.311 e. The number of ether oxygens (including phenoxy) is 2. The highest BCUT2D eigenvalue weighted by Crippen LogP contribution is 2.35. The van der Waals surface area contributed by atoms with Crippen LogP contribution in [0.1, 0.15) is 52.4 Å². The fourth-order valence-electron chi connectivity index (χ4n) is 4.04. The van der Waals surface area contributed by atoms with E-state index in [0.29, 0.717) is 13.2 Å². The van der Waals surface area contributed by atoms with Crippen molar-refractivity contribution in [2.75, 3.05) is 13.2 Å². The zero-order chi connectivity index (χ0) is 17.1. The first-order valence-electron chi connectivity index (χ1n) is 9.12. The van der Waals surface area contributed by atoms with Gasteiger partial charge in [-0.2, -0.15) is 0 Å². The van der Waals surface area contributed by atoms with Gasteiger partial charge in [-0.1, -0.05) is 0 Å². The molecule has 3 rings (SSSR count). The molecule has 1 aliphatic heterocycles. The van der Waals surface area contributed by atoms with Gasteiger partial charge in [0, 0.05) is 11.4 Å². The summed E-state index contributed by atoms with van der Waals surface area (Å²) in [6.45, 7) is 4.42. The van der Waals surface area contributed by atoms with Gasteiger partial charge in [-0.15, -0.1) is 0 Å². The zero-order valence-corrected chi connectivity index (χ0v) is 14.5. The van der Waals surface area contributed by atoms with Crippen molar-refractivity contribution in [1.82, 2.24) is 0 Å². The average molecular weight is 334 g/mol. The number of nitrogens with zero attached hydrogens (tertiary/aromatic N) is 2. The van der Waals surface area contributed by atoms with E-state index in [1.54, 1.807) is 0 Å². The number of esters is 2. The van der Waals surface area contributed by atoms with Crippen molar-refractivity contribution in [3.63, 3.8) is 0 Å². The largest absolute Gasteiger partial charge is 0.466 e. The van der Waals surface area contributed by atoms with Crippen LogP contribution in [0, 0.1) is 11.8 Å². The summed E-state index contributed by atoms with van der Waals surface area (Å²) in [5.74, 6) is -0.798. The summed E-state index contributed by atoms with van der Waals surface area (Å²) in [5.41, 5.74) is 1.92. The predicted molar refractivity (Wildman–Crippen MR) is 90.4 cm³/mol. The predicted octanol–water partition coefficient (Wildman–Crippen LogP) is 2.35. The van der Waals surface area contributed by atoms with Gasteiger partial charge in [0.15, 0.2) is 0 Å². The lowest BCUT2D eigenvalue weighted by atomic mass is 9.78. The van der Waals surface area contributed by atoms with Crippen molar-refractivity contribution in [1.29, 1.82) is 0 Å². The Balaban J connectivity index is 1.83. The van der Waals surface area contributed by atoms with Crippen LogP contribution in [0.3, 0.4) is 0 Å². The Kier molecular flexibility index (Phi) is 5.31. The molecule has 0 unspecified atom stereocenters. The quantitative estimate of drug-likeness (QED) is 0.739. The molecule has 2 fully saturated rings. The highest BCUT2D eigenvalue weighted by atomic mass is 16.5. The number of aliphatic imine (C=N–C) groups is 2. The van der Waals surface area contributed by atoms with Gasteiger partial charge in [0.1, 0.15) is 12.1 Å². The van der Waals surface area contributed by atoms with Gasteiger partial charge in [0.05, 0.1) is 25.0 Å². The maximum Gasteiger partial charge on any atom is 0.311 e. The van der Waals surface area contributed by atoms with Crippen LogP contribution in [0.5, 0.6) is 0 Å². The first-order valence-corrected chi connectivity index (χ1v) is 9.12. The Morgan fingerprint density at radius 1 is 0.875 bits per heavy atom. The zero-order valence-electron chi connectivity index (χ0n) is 14.5. The summed E-state index contributed by atoms with van der Waals surface area (Å²) in [5, 5.41) is 0. The summed E-state index contributed by atoms with van der Waals surface area (Å²) in [6, 6.07) is -0.380. The molecule has 0 aromatic rings. The van der Waals surface area contributed by atoms with Gasteiger partial charge in [0.25, 0.3) is 0 Å². The normalized spacial score (nSPS) is 31.9. The Hall–Kier alpha value is -1.72. The second kappa shape index (κ2) is 7.45. The number of carbonyl (C=O) groups excluding carboxylic acids is 2. The Labute approximate surface area is 142 Å². The van der Waals surface area contributed by atoms with E-state index in [4.69, 9.17) is 19.5 Å². The maximum atomic E-state index is 12.3. The molecule has 3 aliphatic rings. The lowest BCUT2D eigenvalue weighted by Gasteiger charge is -2.38. The molecule has 2 saturated carbocycles. The van der Waals surface area contributed by atoms with Crippen molar-refractivity contribution in [2.45, 2.75) is 64.5 Å². The van der Waals surface area contributed by atoms with Gasteiger partial charge < -0.3 is 9.47 Å². The average Bonchev–Trinajstić information content (AvgIpc) is 2.59. The maximum absolute atomic E-state index is 12.3. The molecule has 24 heavy (non-hydrogen) atoms. The molecular formula is C18H26N2O4. The van der Waals surface area contributed by atoms with E-state index in [2.05, 4.69) is 0 Å². The molecule has 0 saturated heterocycles. The summed E-state index contributed by atoms with van der Waals surface area (Å²) in [7, 11) is 0. The van der Waals surface area contributed by atoms with Crippen molar-refractivity contribution < 1.29 is 19.1 Å². The third-order valence-electron chi connectivity index (χ3n) is 5.13. The first kappa shape index (κ1) is 17.1. The monoisotopic (exact) mass is 334 g/mol. The van der Waals surface area contributed by atoms with Gasteiger partial charge in [-0.25, -0.2) is 0 Å². The Morgan fingerprint density at radius 3 is 1.67 bits per heavy atom. The van der Waals surface area contributed by atoms with Crippen molar-refractivity contribution in [3.8, 4) is 0 Å². The molecular weight excluding hydrogens is 308 g/mol. The lowest BCUT2D eigenvalue weighted by molar-refractivity contribution is -0.150. The molecule has 132 valence electrons. The minimum absolute atomic E-state index is 0.171. The number of carbonyl (C=O) groups is 2. The second-order valence-corrected chi connectivity index (χ2v) is 6.63. The third-order valence-corrected chi connectivity index (χ3v) is 5.13. The number of rotatable bonds is 4. The van der Waals surface area contributed by atoms with E-state index in [9.17, 15) is 9.59 Å². The minimum Gasteiger partial charge on any atom is -0.466 e. The molecule has 0 spiro atoms. The summed E-state index contributed by atoms with van der Waals surface area (Å²) < 4.78 is 10.4. The topological polar surface area (TPSA) is 77.3 Å². The Morgan fingerprint density at radius 2 is 1.29 bits per heavy atom. The minimum atomic E-state index is -0.228. The summed E-state index contributed by atoms with van der Waals surface area (Å²) in [6.07, 6.45) is 5.13. The number of hydrogen-bond acceptors (Lipinski definition) is 6. The van der Waals surface area contributed by atoms with Crippen LogP contribution in [0.15, 0.2) is 9.98 Å². The first-order chi connectivity index (χ1) is 11.7. The summed E-state index contributed by atoms with van der Waals surface area (Å²) >= 11 is 0. The van der Waals surface area contributed by atoms with Gasteiger partial charge >= 0.3 is 11.9 Å². The van der Waals surface area contributed by atoms with E-state index in [1.807, 2.05) is 13.8 Å². The van der Waals surface area contributed by atoms with Crippen molar-refractivity contribution in [2.24, 2.45) is 21.8 Å². The van der Waals surface area contributed by atoms with Crippen LogP contribution in [-0.4, -0.2) is 48.7 Å². The van der Waals surface area contributed by atoms with Crippen LogP contribution < -0.4 is 0 Å². The second-order valence-electron chi connectivity index (χ2n) is 6.63. The van der Waals surface area contributed by atoms with Gasteiger partial charge in [-0.05, 0) is 52.4 Å². The molecule has 4 atom stereocenters. The summed E-state index contributed by atoms with van der Waals surface area (Å²) in [4.78, 5) is 34.3. The molecule has 0 bridgehead atoms. The van der Waals surface area contributed by atoms with E-state index in [0.717, 1.165) is 49.9 Å². The molecule has 0 radical (unpaired) electrons. The highest BCUT2D eigenvalue weighted by Gasteiger charge is 2.43. The lowest BCUT2D eigenvalue weighted by Crippen LogP contribution is -2.47. The van der Waals surface area contributed by atoms with E-state index in [-0.39, 0.29) is 35.9 Å². The van der Waals surface area contributed by atoms with Crippen LogP contribution in [0.2, 0.25) is 0 Å². The standard InChI is InChI=1S/C18H26N2O4/c1-3-23-17(21)11-7-5-9-13-15(11)19-14-10-6-8-12(16(14)20-13)18(22)24-4-2/h11-12,15-16H,3-10H2,1-2H3/t11-,12-,15+,16+/m1/s1. The van der Waals surface area contributed by atoms with Crippen LogP contribution in [0.25, 0.3) is 0 Å². The van der Waals surface area contributed by atoms with Crippen molar-refractivity contribution >= 4 is 23.4 Å². The van der Waals surface area contributed by atoms with E-state index >= 15 is 0 Å². The van der Waals surface area contributed by atoms with E-state index < -0.39 is 0 Å². The highest BCUT2D eigenvalue weighted by molar-refractivity contribution is 6.05. The molecule has 0 amide bonds. The van der Waals surface area contributed by atoms with Crippen LogP contribution in [0.4, 0.5) is 0 Å². The molecule has 0 aromatic heterocycles. The third kappa shape index (κ3) is 3.23.